The molecule has 1 saturated heterocycles. The van der Waals surface area contributed by atoms with E-state index >= 15 is 0 Å². The van der Waals surface area contributed by atoms with Crippen LogP contribution in [0.5, 0.6) is 0 Å². The van der Waals surface area contributed by atoms with Crippen LogP contribution in [-0.4, -0.2) is 40.7 Å². The molecule has 2 heterocycles. The van der Waals surface area contributed by atoms with E-state index < -0.39 is 17.4 Å². The molecular weight excluding hydrogens is 272 g/mol. The number of nitrogens with zero attached hydrogens (tertiary/aromatic N) is 1. The molecule has 1 amide bonds. The Bertz CT molecular complexity index is 500. The van der Waals surface area contributed by atoms with Gasteiger partial charge in [-0.15, -0.1) is 0 Å². The molecule has 0 atom stereocenters. The first-order chi connectivity index (χ1) is 9.05. The summed E-state index contributed by atoms with van der Waals surface area (Å²) in [7, 11) is 0. The number of rotatable bonds is 3. The zero-order valence-electron chi connectivity index (χ0n) is 10.1. The van der Waals surface area contributed by atoms with Gasteiger partial charge in [-0.2, -0.15) is 0 Å². The summed E-state index contributed by atoms with van der Waals surface area (Å²) in [5.74, 6) is -1.61. The number of aromatic nitrogens is 1. The molecule has 0 aliphatic carbocycles. The molecule has 2 N–H and O–H groups in total. The van der Waals surface area contributed by atoms with Gasteiger partial charge < -0.3 is 15.2 Å². The van der Waals surface area contributed by atoms with Crippen LogP contribution in [-0.2, 0) is 9.53 Å². The van der Waals surface area contributed by atoms with E-state index in [1.807, 2.05) is 0 Å². The van der Waals surface area contributed by atoms with Crippen molar-refractivity contribution in [3.05, 3.63) is 29.0 Å². The minimum absolute atomic E-state index is 0.163. The minimum Gasteiger partial charge on any atom is -0.480 e. The second-order valence-corrected chi connectivity index (χ2v) is 4.72. The average Bonchev–Trinajstić information content (AvgIpc) is 2.40. The lowest BCUT2D eigenvalue weighted by Gasteiger charge is -2.33. The van der Waals surface area contributed by atoms with Gasteiger partial charge in [-0.3, -0.25) is 9.78 Å². The Morgan fingerprint density at radius 3 is 2.68 bits per heavy atom. The highest BCUT2D eigenvalue weighted by molar-refractivity contribution is 6.33. The summed E-state index contributed by atoms with van der Waals surface area (Å²) >= 11 is 5.89. The lowest BCUT2D eigenvalue weighted by atomic mass is 9.90. The predicted octanol–water partition coefficient (Wildman–Crippen LogP) is 1.10. The van der Waals surface area contributed by atoms with Crippen molar-refractivity contribution in [2.24, 2.45) is 0 Å². The van der Waals surface area contributed by atoms with Gasteiger partial charge in [0.05, 0.1) is 10.6 Å². The first-order valence-electron chi connectivity index (χ1n) is 5.78. The van der Waals surface area contributed by atoms with E-state index in [0.29, 0.717) is 13.2 Å². The lowest BCUT2D eigenvalue weighted by molar-refractivity contribution is -0.148. The lowest BCUT2D eigenvalue weighted by Crippen LogP contribution is -2.57. The van der Waals surface area contributed by atoms with Gasteiger partial charge >= 0.3 is 5.97 Å². The van der Waals surface area contributed by atoms with Crippen LogP contribution in [0.4, 0.5) is 0 Å². The Morgan fingerprint density at radius 2 is 2.11 bits per heavy atom. The van der Waals surface area contributed by atoms with Gasteiger partial charge in [0.15, 0.2) is 0 Å². The van der Waals surface area contributed by atoms with Gasteiger partial charge in [-0.1, -0.05) is 11.6 Å². The Morgan fingerprint density at radius 1 is 1.42 bits per heavy atom. The topological polar surface area (TPSA) is 88.5 Å². The van der Waals surface area contributed by atoms with Crippen LogP contribution in [0, 0.1) is 0 Å². The van der Waals surface area contributed by atoms with Crippen molar-refractivity contribution >= 4 is 23.5 Å². The number of pyridine rings is 1. The van der Waals surface area contributed by atoms with E-state index in [2.05, 4.69) is 10.3 Å². The van der Waals surface area contributed by atoms with Gasteiger partial charge in [0.25, 0.3) is 5.91 Å². The fourth-order valence-corrected chi connectivity index (χ4v) is 2.13. The van der Waals surface area contributed by atoms with Crippen molar-refractivity contribution in [2.75, 3.05) is 13.2 Å². The number of amides is 1. The SMILES string of the molecule is O=C(NC1(C(=O)O)CCOCC1)c1cnccc1Cl. The first kappa shape index (κ1) is 13.8. The third-order valence-electron chi connectivity index (χ3n) is 3.12. The second-order valence-electron chi connectivity index (χ2n) is 4.31. The normalized spacial score (nSPS) is 17.7. The van der Waals surface area contributed by atoms with Crippen LogP contribution in [0.2, 0.25) is 5.02 Å². The summed E-state index contributed by atoms with van der Waals surface area (Å²) in [6.45, 7) is 0.598. The van der Waals surface area contributed by atoms with Crippen LogP contribution >= 0.6 is 11.6 Å². The molecular formula is C12H13ClN2O4. The molecule has 1 aromatic heterocycles. The standard InChI is InChI=1S/C12H13ClN2O4/c13-9-1-4-14-7-8(9)10(16)15-12(11(17)18)2-5-19-6-3-12/h1,4,7H,2-3,5-6H2,(H,15,16)(H,17,18). The molecule has 0 radical (unpaired) electrons. The average molecular weight is 285 g/mol. The quantitative estimate of drug-likeness (QED) is 0.868. The number of hydrogen-bond donors (Lipinski definition) is 2. The maximum absolute atomic E-state index is 12.1. The van der Waals surface area contributed by atoms with Gasteiger partial charge in [0, 0.05) is 38.4 Å². The molecule has 0 unspecified atom stereocenters. The van der Waals surface area contributed by atoms with Crippen molar-refractivity contribution < 1.29 is 19.4 Å². The Kier molecular flexibility index (Phi) is 4.01. The Labute approximate surface area is 114 Å². The minimum atomic E-state index is -1.30. The third-order valence-corrected chi connectivity index (χ3v) is 3.45. The van der Waals surface area contributed by atoms with Crippen molar-refractivity contribution in [1.29, 1.82) is 0 Å². The Balaban J connectivity index is 2.20. The van der Waals surface area contributed by atoms with Crippen LogP contribution in [0.3, 0.4) is 0 Å². The number of carbonyl (C=O) groups excluding carboxylic acids is 1. The summed E-state index contributed by atoms with van der Waals surface area (Å²) < 4.78 is 5.13. The monoisotopic (exact) mass is 284 g/mol. The van der Waals surface area contributed by atoms with E-state index in [0.717, 1.165) is 0 Å². The highest BCUT2D eigenvalue weighted by atomic mass is 35.5. The molecule has 7 heteroatoms. The van der Waals surface area contributed by atoms with Gasteiger partial charge in [0.2, 0.25) is 0 Å². The van der Waals surface area contributed by atoms with E-state index in [1.54, 1.807) is 0 Å². The smallest absolute Gasteiger partial charge is 0.329 e. The number of carbonyl (C=O) groups is 2. The molecule has 1 aromatic rings. The third kappa shape index (κ3) is 2.85. The molecule has 1 aliphatic rings. The van der Waals surface area contributed by atoms with Crippen molar-refractivity contribution in [3.8, 4) is 0 Å². The van der Waals surface area contributed by atoms with Crippen LogP contribution in [0.25, 0.3) is 0 Å². The molecule has 0 saturated carbocycles. The van der Waals surface area contributed by atoms with Gasteiger partial charge in [0.1, 0.15) is 5.54 Å². The first-order valence-corrected chi connectivity index (χ1v) is 6.16. The highest BCUT2D eigenvalue weighted by Gasteiger charge is 2.41. The number of ether oxygens (including phenoxy) is 1. The number of aliphatic carboxylic acids is 1. The largest absolute Gasteiger partial charge is 0.480 e. The number of nitrogens with one attached hydrogen (secondary N) is 1. The molecule has 102 valence electrons. The zero-order chi connectivity index (χ0) is 13.9. The van der Waals surface area contributed by atoms with Crippen molar-refractivity contribution in [1.82, 2.24) is 10.3 Å². The molecule has 19 heavy (non-hydrogen) atoms. The summed E-state index contributed by atoms with van der Waals surface area (Å²) in [6, 6.07) is 1.48. The maximum atomic E-state index is 12.1. The molecule has 0 bridgehead atoms. The van der Waals surface area contributed by atoms with Crippen molar-refractivity contribution in [2.45, 2.75) is 18.4 Å². The van der Waals surface area contributed by atoms with E-state index in [9.17, 15) is 14.7 Å². The van der Waals surface area contributed by atoms with Gasteiger partial charge in [-0.25, -0.2) is 4.79 Å². The Hall–Kier alpha value is -1.66. The number of carboxylic acid groups (broad SMARTS) is 1. The molecule has 2 rings (SSSR count). The summed E-state index contributed by atoms with van der Waals surface area (Å²) in [4.78, 5) is 27.3. The van der Waals surface area contributed by atoms with Crippen LogP contribution < -0.4 is 5.32 Å². The summed E-state index contributed by atoms with van der Waals surface area (Å²) in [6.07, 6.45) is 3.23. The number of halogens is 1. The fourth-order valence-electron chi connectivity index (χ4n) is 1.94. The summed E-state index contributed by atoms with van der Waals surface area (Å²) in [5, 5.41) is 12.1. The molecule has 1 fully saturated rings. The van der Waals surface area contributed by atoms with E-state index in [1.165, 1.54) is 18.5 Å². The maximum Gasteiger partial charge on any atom is 0.329 e. The number of hydrogen-bond acceptors (Lipinski definition) is 4. The van der Waals surface area contributed by atoms with Crippen LogP contribution in [0.15, 0.2) is 18.5 Å². The molecule has 0 aromatic carbocycles. The summed E-state index contributed by atoms with van der Waals surface area (Å²) in [5.41, 5.74) is -1.13. The van der Waals surface area contributed by atoms with E-state index in [-0.39, 0.29) is 23.4 Å². The molecule has 0 spiro atoms. The fraction of sp³-hybridized carbons (Fsp3) is 0.417. The number of carboxylic acids is 1. The molecule has 6 nitrogen and oxygen atoms in total. The van der Waals surface area contributed by atoms with Crippen molar-refractivity contribution in [3.63, 3.8) is 0 Å². The van der Waals surface area contributed by atoms with E-state index in [4.69, 9.17) is 16.3 Å². The molecule has 1 aliphatic heterocycles. The van der Waals surface area contributed by atoms with Crippen LogP contribution in [0.1, 0.15) is 23.2 Å². The predicted molar refractivity (Wildman–Crippen MR) is 67.1 cm³/mol. The zero-order valence-corrected chi connectivity index (χ0v) is 10.8. The second kappa shape index (κ2) is 5.54. The van der Waals surface area contributed by atoms with Gasteiger partial charge in [-0.05, 0) is 6.07 Å². The highest BCUT2D eigenvalue weighted by Crippen LogP contribution is 2.23.